The van der Waals surface area contributed by atoms with Crippen LogP contribution in [-0.4, -0.2) is 32.8 Å². The standard InChI is InChI=1S/C8H11F3N4.C2H6/c1-2-14-3-4-15-6(5-14)12-7(13-15)8(9,10)11;1-2/h2-5H2,1H3;1-2H3. The van der Waals surface area contributed by atoms with E-state index in [1.807, 2.05) is 25.7 Å². The van der Waals surface area contributed by atoms with Gasteiger partial charge in [0.25, 0.3) is 5.82 Å². The van der Waals surface area contributed by atoms with Crippen LogP contribution in [0.5, 0.6) is 0 Å². The summed E-state index contributed by atoms with van der Waals surface area (Å²) in [6, 6.07) is 0. The Morgan fingerprint density at radius 3 is 2.41 bits per heavy atom. The third-order valence-electron chi connectivity index (χ3n) is 2.44. The lowest BCUT2D eigenvalue weighted by molar-refractivity contribution is -0.145. The highest BCUT2D eigenvalue weighted by Crippen LogP contribution is 2.27. The van der Waals surface area contributed by atoms with Crippen molar-refractivity contribution in [2.24, 2.45) is 0 Å². The lowest BCUT2D eigenvalue weighted by Gasteiger charge is -2.24. The third kappa shape index (κ3) is 3.18. The topological polar surface area (TPSA) is 34.0 Å². The van der Waals surface area contributed by atoms with Crippen LogP contribution in [0.25, 0.3) is 0 Å². The first-order chi connectivity index (χ1) is 8.00. The van der Waals surface area contributed by atoms with E-state index < -0.39 is 12.0 Å². The third-order valence-corrected chi connectivity index (χ3v) is 2.44. The molecule has 0 bridgehead atoms. The molecule has 0 N–H and O–H groups in total. The number of fused-ring (bicyclic) bond motifs is 1. The van der Waals surface area contributed by atoms with Gasteiger partial charge in [-0.2, -0.15) is 13.2 Å². The average Bonchev–Trinajstić information content (AvgIpc) is 2.74. The van der Waals surface area contributed by atoms with Gasteiger partial charge in [0.1, 0.15) is 5.82 Å². The van der Waals surface area contributed by atoms with Gasteiger partial charge in [0.05, 0.1) is 13.1 Å². The van der Waals surface area contributed by atoms with Gasteiger partial charge in [-0.05, 0) is 6.54 Å². The van der Waals surface area contributed by atoms with E-state index in [0.717, 1.165) is 13.1 Å². The van der Waals surface area contributed by atoms with Gasteiger partial charge in [0.15, 0.2) is 0 Å². The van der Waals surface area contributed by atoms with Crippen LogP contribution in [0.3, 0.4) is 0 Å². The van der Waals surface area contributed by atoms with E-state index in [1.165, 1.54) is 4.68 Å². The Bertz CT molecular complexity index is 359. The molecule has 0 unspecified atom stereocenters. The van der Waals surface area contributed by atoms with Crippen LogP contribution in [0, 0.1) is 0 Å². The summed E-state index contributed by atoms with van der Waals surface area (Å²) in [6.45, 7) is 8.43. The van der Waals surface area contributed by atoms with Crippen molar-refractivity contribution in [2.75, 3.05) is 13.1 Å². The maximum Gasteiger partial charge on any atom is 0.453 e. The van der Waals surface area contributed by atoms with Crippen LogP contribution in [0.1, 0.15) is 32.4 Å². The molecule has 1 aliphatic heterocycles. The number of nitrogens with zero attached hydrogens (tertiary/aromatic N) is 4. The lowest BCUT2D eigenvalue weighted by Crippen LogP contribution is -2.33. The number of halogens is 3. The summed E-state index contributed by atoms with van der Waals surface area (Å²) in [5.74, 6) is -0.633. The van der Waals surface area contributed by atoms with Crippen LogP contribution in [0.15, 0.2) is 0 Å². The molecule has 17 heavy (non-hydrogen) atoms. The van der Waals surface area contributed by atoms with Gasteiger partial charge < -0.3 is 0 Å². The maximum atomic E-state index is 12.3. The Morgan fingerprint density at radius 2 is 1.88 bits per heavy atom. The molecule has 0 saturated carbocycles. The highest BCUT2D eigenvalue weighted by molar-refractivity contribution is 4.98. The zero-order chi connectivity index (χ0) is 13.1. The molecule has 1 aromatic heterocycles. The summed E-state index contributed by atoms with van der Waals surface area (Å²) >= 11 is 0. The predicted octanol–water partition coefficient (Wildman–Crippen LogP) is 2.16. The zero-order valence-electron chi connectivity index (χ0n) is 10.3. The normalized spacial score (nSPS) is 16.1. The smallest absolute Gasteiger partial charge is 0.294 e. The number of aromatic nitrogens is 3. The summed E-state index contributed by atoms with van der Waals surface area (Å²) in [6.07, 6.45) is -4.44. The fourth-order valence-electron chi connectivity index (χ4n) is 1.58. The molecule has 2 heterocycles. The van der Waals surface area contributed by atoms with Crippen molar-refractivity contribution >= 4 is 0 Å². The van der Waals surface area contributed by atoms with Gasteiger partial charge in [0.2, 0.25) is 0 Å². The molecule has 0 aliphatic carbocycles. The quantitative estimate of drug-likeness (QED) is 0.766. The maximum absolute atomic E-state index is 12.3. The van der Waals surface area contributed by atoms with E-state index in [0.29, 0.717) is 18.9 Å². The van der Waals surface area contributed by atoms with Gasteiger partial charge in [-0.1, -0.05) is 20.8 Å². The number of hydrogen-bond donors (Lipinski definition) is 0. The van der Waals surface area contributed by atoms with Crippen LogP contribution in [0.4, 0.5) is 13.2 Å². The van der Waals surface area contributed by atoms with Crippen LogP contribution in [-0.2, 0) is 19.3 Å². The van der Waals surface area contributed by atoms with Crippen molar-refractivity contribution < 1.29 is 13.2 Å². The predicted molar refractivity (Wildman–Crippen MR) is 57.3 cm³/mol. The van der Waals surface area contributed by atoms with Crippen molar-refractivity contribution in [3.8, 4) is 0 Å². The minimum atomic E-state index is -4.44. The number of rotatable bonds is 1. The van der Waals surface area contributed by atoms with Gasteiger partial charge in [-0.3, -0.25) is 4.90 Å². The second-order valence-corrected chi connectivity index (χ2v) is 3.44. The summed E-state index contributed by atoms with van der Waals surface area (Å²) in [5, 5.41) is 3.44. The summed E-state index contributed by atoms with van der Waals surface area (Å²) in [7, 11) is 0. The second kappa shape index (κ2) is 5.48. The first-order valence-corrected chi connectivity index (χ1v) is 5.74. The minimum absolute atomic E-state index is 0.399. The van der Waals surface area contributed by atoms with Gasteiger partial charge in [-0.25, -0.2) is 9.67 Å². The highest BCUT2D eigenvalue weighted by Gasteiger charge is 2.37. The fraction of sp³-hybridized carbons (Fsp3) is 0.800. The van der Waals surface area contributed by atoms with Gasteiger partial charge >= 0.3 is 6.18 Å². The molecule has 7 heteroatoms. The average molecular weight is 250 g/mol. The number of hydrogen-bond acceptors (Lipinski definition) is 3. The van der Waals surface area contributed by atoms with E-state index in [4.69, 9.17) is 0 Å². The minimum Gasteiger partial charge on any atom is -0.294 e. The van der Waals surface area contributed by atoms with Crippen molar-refractivity contribution in [3.63, 3.8) is 0 Å². The Morgan fingerprint density at radius 1 is 1.24 bits per heavy atom. The Kier molecular flexibility index (Phi) is 4.50. The second-order valence-electron chi connectivity index (χ2n) is 3.44. The first-order valence-electron chi connectivity index (χ1n) is 5.74. The summed E-state index contributed by atoms with van der Waals surface area (Å²) < 4.78 is 38.2. The van der Waals surface area contributed by atoms with Gasteiger partial charge in [-0.15, -0.1) is 5.10 Å². The highest BCUT2D eigenvalue weighted by atomic mass is 19.4. The van der Waals surface area contributed by atoms with Crippen LogP contribution >= 0.6 is 0 Å². The van der Waals surface area contributed by atoms with Crippen LogP contribution < -0.4 is 0 Å². The Hall–Kier alpha value is -1.11. The molecule has 0 radical (unpaired) electrons. The molecule has 0 amide bonds. The van der Waals surface area contributed by atoms with Crippen LogP contribution in [0.2, 0.25) is 0 Å². The van der Waals surface area contributed by atoms with Crippen molar-refractivity contribution in [1.29, 1.82) is 0 Å². The molecule has 0 saturated heterocycles. The monoisotopic (exact) mass is 250 g/mol. The van der Waals surface area contributed by atoms with Crippen molar-refractivity contribution in [2.45, 2.75) is 40.0 Å². The Balaban J connectivity index is 0.000000686. The molecule has 2 rings (SSSR count). The van der Waals surface area contributed by atoms with E-state index in [9.17, 15) is 13.2 Å². The van der Waals surface area contributed by atoms with E-state index in [-0.39, 0.29) is 0 Å². The molecule has 0 fully saturated rings. The summed E-state index contributed by atoms with van der Waals surface area (Å²) in [4.78, 5) is 5.54. The number of alkyl halides is 3. The molecule has 0 aromatic carbocycles. The SMILES string of the molecule is CC.CCN1CCn2nc(C(F)(F)F)nc2C1. The summed E-state index contributed by atoms with van der Waals surface area (Å²) in [5.41, 5.74) is 0. The first kappa shape index (κ1) is 14.0. The molecular weight excluding hydrogens is 233 g/mol. The largest absolute Gasteiger partial charge is 0.453 e. The number of likely N-dealkylation sites (N-methyl/N-ethyl adjacent to an activating group) is 1. The van der Waals surface area contributed by atoms with E-state index >= 15 is 0 Å². The Labute approximate surface area is 98.4 Å². The molecule has 0 spiro atoms. The van der Waals surface area contributed by atoms with Gasteiger partial charge in [0, 0.05) is 6.54 Å². The van der Waals surface area contributed by atoms with Crippen molar-refractivity contribution in [1.82, 2.24) is 19.7 Å². The fourth-order valence-corrected chi connectivity index (χ4v) is 1.58. The lowest BCUT2D eigenvalue weighted by atomic mass is 10.4. The van der Waals surface area contributed by atoms with E-state index in [1.54, 1.807) is 0 Å². The molecular formula is C10H17F3N4. The van der Waals surface area contributed by atoms with E-state index in [2.05, 4.69) is 10.1 Å². The molecule has 1 aliphatic rings. The van der Waals surface area contributed by atoms with Crippen molar-refractivity contribution in [3.05, 3.63) is 11.6 Å². The molecule has 0 atom stereocenters. The molecule has 4 nitrogen and oxygen atoms in total. The molecule has 98 valence electrons. The zero-order valence-corrected chi connectivity index (χ0v) is 10.3. The molecule has 1 aromatic rings.